The van der Waals surface area contributed by atoms with Crippen LogP contribution in [0.1, 0.15) is 76.8 Å². The van der Waals surface area contributed by atoms with Gasteiger partial charge >= 0.3 is 5.97 Å². The molecule has 2 aliphatic heterocycles. The van der Waals surface area contributed by atoms with E-state index in [-0.39, 0.29) is 73.7 Å². The number of carboxylic acids is 1. The smallest absolute Gasteiger partial charge is 0.303 e. The molecule has 0 aliphatic carbocycles. The second kappa shape index (κ2) is 28.4. The molecule has 4 aromatic carbocycles. The molecule has 0 fully saturated rings. The maximum absolute atomic E-state index is 12.8. The van der Waals surface area contributed by atoms with E-state index in [0.717, 1.165) is 12.1 Å². The number of fused-ring (bicyclic) bond motifs is 6. The van der Waals surface area contributed by atoms with Crippen molar-refractivity contribution in [2.75, 3.05) is 90.3 Å². The highest BCUT2D eigenvalue weighted by Crippen LogP contribution is 2.54. The van der Waals surface area contributed by atoms with Crippen LogP contribution in [0.25, 0.3) is 21.5 Å². The molecule has 2 aliphatic rings. The van der Waals surface area contributed by atoms with Gasteiger partial charge in [-0.3, -0.25) is 23.0 Å². The van der Waals surface area contributed by atoms with Gasteiger partial charge in [-0.15, -0.1) is 0 Å². The summed E-state index contributed by atoms with van der Waals surface area (Å²) in [5, 5.41) is 9.27. The van der Waals surface area contributed by atoms with E-state index in [4.69, 9.17) is 23.7 Å². The van der Waals surface area contributed by atoms with Crippen LogP contribution in [0.5, 0.6) is 0 Å². The van der Waals surface area contributed by atoms with Gasteiger partial charge < -0.3 is 38.2 Å². The lowest BCUT2D eigenvalue weighted by atomic mass is 9.74. The Morgan fingerprint density at radius 1 is 0.607 bits per heavy atom. The fourth-order valence-corrected chi connectivity index (χ4v) is 14.0. The highest BCUT2D eigenvalue weighted by molar-refractivity contribution is 7.87. The maximum atomic E-state index is 12.8. The number of hydrogen-bond acceptors (Lipinski definition) is 18. The Morgan fingerprint density at radius 2 is 1.14 bits per heavy atom. The van der Waals surface area contributed by atoms with Crippen molar-refractivity contribution in [3.8, 4) is 0 Å². The van der Waals surface area contributed by atoms with Gasteiger partial charge in [0.1, 0.15) is 21.6 Å². The van der Waals surface area contributed by atoms with Crippen molar-refractivity contribution in [3.63, 3.8) is 0 Å². The summed E-state index contributed by atoms with van der Waals surface area (Å²) in [5.74, 6) is -1.62. The van der Waals surface area contributed by atoms with Crippen LogP contribution >= 0.6 is 0 Å². The first-order chi connectivity index (χ1) is 39.4. The topological polar surface area (TPSA) is 364 Å². The number of benzene rings is 4. The molecule has 2 heterocycles. The van der Waals surface area contributed by atoms with Gasteiger partial charge in [-0.25, -0.2) is 8.42 Å². The van der Waals surface area contributed by atoms with Crippen molar-refractivity contribution >= 4 is 95.2 Å². The quantitative estimate of drug-likeness (QED) is 0.0139. The fraction of sp³-hybridized carbons (Fsp3) is 0.455. The summed E-state index contributed by atoms with van der Waals surface area (Å²) in [4.78, 5) is 10.1. The van der Waals surface area contributed by atoms with Gasteiger partial charge in [0, 0.05) is 66.6 Å². The molecular weight excluding hydrogens is 1200 g/mol. The molecule has 0 spiro atoms. The van der Waals surface area contributed by atoms with Gasteiger partial charge in [-0.1, -0.05) is 42.9 Å². The third-order valence-electron chi connectivity index (χ3n) is 14.6. The molecule has 0 bridgehead atoms. The third-order valence-corrected chi connectivity index (χ3v) is 18.8. The van der Waals surface area contributed by atoms with E-state index in [0.29, 0.717) is 111 Å². The van der Waals surface area contributed by atoms with Gasteiger partial charge in [0.25, 0.3) is 40.5 Å². The Morgan fingerprint density at radius 3 is 1.69 bits per heavy atom. The molecule has 0 radical (unpaired) electrons. The number of carboxylic acid groups (broad SMARTS) is 1. The molecular formula is C55H70N2O22S5. The predicted molar refractivity (Wildman–Crippen MR) is 310 cm³/mol. The van der Waals surface area contributed by atoms with E-state index >= 15 is 0 Å². The number of carbonyl (C=O) groups is 1. The number of aliphatic carboxylic acids is 1. The number of methoxy groups -OCH3 is 1. The third kappa shape index (κ3) is 16.8. The average molecular weight is 1270 g/mol. The van der Waals surface area contributed by atoms with Crippen LogP contribution in [0.2, 0.25) is 0 Å². The number of anilines is 1. The molecule has 5 N–H and O–H groups in total. The SMILES string of the molecule is CC[N+]1=C(/C=C/C=C/C=C/C=C2/N(CCCCCC(=O)O)c3ccc4c(S(=O)(=O)[O-])cc(S(=O)(=O)O)cc4c3C2(C)CCOCCOCCOCCOCCOC)C(C)(CCCS(=O)(=O)O)c2c1ccc1c(S(=O)(=O)O)cc(S(=O)(=O)O)cc21. The van der Waals surface area contributed by atoms with Gasteiger partial charge in [0.15, 0.2) is 5.71 Å². The molecule has 29 heteroatoms. The Labute approximate surface area is 489 Å². The van der Waals surface area contributed by atoms with E-state index in [1.807, 2.05) is 23.3 Å². The molecule has 6 rings (SSSR count). The predicted octanol–water partition coefficient (Wildman–Crippen LogP) is 6.76. The monoisotopic (exact) mass is 1270 g/mol. The van der Waals surface area contributed by atoms with Gasteiger partial charge in [-0.2, -0.15) is 38.2 Å². The molecule has 84 heavy (non-hydrogen) atoms. The summed E-state index contributed by atoms with van der Waals surface area (Å²) in [5.41, 5.74) is 0.601. The minimum absolute atomic E-state index is 0.0164. The van der Waals surface area contributed by atoms with Crippen LogP contribution in [0.3, 0.4) is 0 Å². The van der Waals surface area contributed by atoms with Crippen LogP contribution in [0, 0.1) is 0 Å². The number of nitrogens with zero attached hydrogens (tertiary/aromatic N) is 2. The maximum Gasteiger partial charge on any atom is 0.303 e. The normalized spacial score (nSPS) is 18.5. The Bertz CT molecular complexity index is 3840. The van der Waals surface area contributed by atoms with E-state index in [1.165, 1.54) is 12.1 Å². The molecule has 2 atom stereocenters. The molecule has 0 saturated heterocycles. The first kappa shape index (κ1) is 67.8. The zero-order chi connectivity index (χ0) is 61.9. The van der Waals surface area contributed by atoms with Crippen LogP contribution in [0.4, 0.5) is 11.4 Å². The van der Waals surface area contributed by atoms with E-state index in [1.54, 1.807) is 68.7 Å². The standard InChI is InChI=1S/C55H70N2O22S5/c1-5-56-45-20-18-41-43(35-39(81(63,64)65)37-47(41)83(69,70)71)52(45)54(2,22-14-34-80(60,61)62)49(56)15-10-7-6-8-11-16-50-55(3,23-25-76-28-29-78-32-33-79-31-30-77-27-26-75-4)53-44-36-40(82(66,67)68)38-48(84(72,73)74)42(44)19-21-46(53)57(50)24-13-9-12-17-51(58)59/h6-8,10-11,15-16,18-21,35-38H,5,9,12-14,17,22-34H2,1-4H3,(H5-,58,59,60,61,62,63,64,65,66,67,68,69,70,71,72,73,74). The molecule has 4 aromatic rings. The van der Waals surface area contributed by atoms with Crippen molar-refractivity contribution in [1.82, 2.24) is 0 Å². The largest absolute Gasteiger partial charge is 0.744 e. The van der Waals surface area contributed by atoms with Crippen molar-refractivity contribution in [2.24, 2.45) is 0 Å². The van der Waals surface area contributed by atoms with Gasteiger partial charge in [-0.05, 0) is 117 Å². The number of ether oxygens (including phenoxy) is 5. The lowest BCUT2D eigenvalue weighted by molar-refractivity contribution is -0.433. The highest BCUT2D eigenvalue weighted by atomic mass is 32.2. The number of hydrogen-bond donors (Lipinski definition) is 5. The minimum Gasteiger partial charge on any atom is -0.744 e. The van der Waals surface area contributed by atoms with Crippen molar-refractivity contribution in [1.29, 1.82) is 0 Å². The van der Waals surface area contributed by atoms with Crippen molar-refractivity contribution in [2.45, 2.75) is 96.1 Å². The minimum atomic E-state index is -5.33. The summed E-state index contributed by atoms with van der Waals surface area (Å²) in [6, 6.07) is 9.41. The summed E-state index contributed by atoms with van der Waals surface area (Å²) >= 11 is 0. The Hall–Kier alpha value is -5.35. The van der Waals surface area contributed by atoms with Gasteiger partial charge in [0.05, 0.1) is 78.7 Å². The van der Waals surface area contributed by atoms with Crippen molar-refractivity contribution < 1.29 is 103 Å². The number of unbranched alkanes of at least 4 members (excludes halogenated alkanes) is 2. The van der Waals surface area contributed by atoms with Crippen LogP contribution in [0.15, 0.2) is 116 Å². The average Bonchev–Trinajstić information content (AvgIpc) is 1.59. The Balaban J connectivity index is 1.38. The van der Waals surface area contributed by atoms with E-state index in [9.17, 15) is 74.8 Å². The number of allylic oxidation sites excluding steroid dienone is 8. The Kier molecular flexibility index (Phi) is 22.9. The van der Waals surface area contributed by atoms with Gasteiger partial charge in [0.2, 0.25) is 5.69 Å². The molecule has 0 aromatic heterocycles. The first-order valence-electron chi connectivity index (χ1n) is 26.6. The number of rotatable bonds is 34. The molecule has 0 saturated carbocycles. The van der Waals surface area contributed by atoms with E-state index < -0.39 is 92.7 Å². The zero-order valence-electron chi connectivity index (χ0n) is 46.7. The lowest BCUT2D eigenvalue weighted by Crippen LogP contribution is -2.32. The molecule has 24 nitrogen and oxygen atoms in total. The summed E-state index contributed by atoms with van der Waals surface area (Å²) in [6.45, 7) is 8.66. The lowest BCUT2D eigenvalue weighted by Gasteiger charge is -2.31. The van der Waals surface area contributed by atoms with Crippen LogP contribution < -0.4 is 4.90 Å². The summed E-state index contributed by atoms with van der Waals surface area (Å²) < 4.78 is 208. The second-order valence-corrected chi connectivity index (χ2v) is 27.4. The van der Waals surface area contributed by atoms with E-state index in [2.05, 4.69) is 0 Å². The first-order valence-corrected chi connectivity index (χ1v) is 33.9. The fourth-order valence-electron chi connectivity index (χ4n) is 10.8. The van der Waals surface area contributed by atoms with Crippen LogP contribution in [-0.4, -0.2) is 172 Å². The zero-order valence-corrected chi connectivity index (χ0v) is 50.8. The van der Waals surface area contributed by atoms with Crippen molar-refractivity contribution in [3.05, 3.63) is 108 Å². The summed E-state index contributed by atoms with van der Waals surface area (Å²) in [6.07, 6.45) is 13.3. The summed E-state index contributed by atoms with van der Waals surface area (Å²) in [7, 11) is -23.4. The molecule has 2 unspecified atom stereocenters. The second-order valence-electron chi connectivity index (χ2n) is 20.2. The molecule has 462 valence electrons. The molecule has 0 amide bonds. The highest BCUT2D eigenvalue weighted by Gasteiger charge is 2.49. The van der Waals surface area contributed by atoms with Crippen LogP contribution in [-0.2, 0) is 89.9 Å².